The van der Waals surface area contributed by atoms with Crippen molar-refractivity contribution in [3.63, 3.8) is 0 Å². The van der Waals surface area contributed by atoms with E-state index in [1.807, 2.05) is 34.6 Å². The molecule has 2 heterocycles. The van der Waals surface area contributed by atoms with Gasteiger partial charge < -0.3 is 14.4 Å². The van der Waals surface area contributed by atoms with Gasteiger partial charge in [0.25, 0.3) is 5.89 Å². The predicted octanol–water partition coefficient (Wildman–Crippen LogP) is 2.41. The Kier molecular flexibility index (Phi) is 6.28. The van der Waals surface area contributed by atoms with Crippen molar-refractivity contribution >= 4 is 16.0 Å². The van der Waals surface area contributed by atoms with E-state index in [1.165, 1.54) is 6.07 Å². The number of hydrogen-bond donors (Lipinski definition) is 1. The van der Waals surface area contributed by atoms with Crippen molar-refractivity contribution in [2.75, 3.05) is 6.54 Å². The molecule has 170 valence electrons. The van der Waals surface area contributed by atoms with Crippen LogP contribution in [-0.2, 0) is 25.0 Å². The number of aliphatic hydroxyl groups excluding tert-OH is 1. The zero-order valence-electron chi connectivity index (χ0n) is 18.6. The lowest BCUT2D eigenvalue weighted by Gasteiger charge is -2.23. The maximum Gasteiger partial charge on any atom is 0.325 e. The molecule has 0 saturated carbocycles. The number of sulfonamides is 1. The van der Waals surface area contributed by atoms with Gasteiger partial charge in [0.2, 0.25) is 10.0 Å². The zero-order chi connectivity index (χ0) is 23.1. The molecule has 3 atom stereocenters. The van der Waals surface area contributed by atoms with Crippen LogP contribution in [0.15, 0.2) is 27.6 Å². The van der Waals surface area contributed by atoms with Crippen molar-refractivity contribution in [1.29, 1.82) is 0 Å². The SMILES string of the molecule is Cc1ccc(S(=O)(=O)N2CC(O)C[C@H]2C(=O)OC(C)c2nc(C(C)(C)C)no2)cc1C. The Labute approximate surface area is 182 Å². The monoisotopic (exact) mass is 451 g/mol. The molecule has 2 unspecified atom stereocenters. The van der Waals surface area contributed by atoms with Crippen LogP contribution in [0.25, 0.3) is 0 Å². The van der Waals surface area contributed by atoms with Crippen LogP contribution in [0, 0.1) is 13.8 Å². The van der Waals surface area contributed by atoms with E-state index in [2.05, 4.69) is 10.1 Å². The Morgan fingerprint density at radius 2 is 1.97 bits per heavy atom. The summed E-state index contributed by atoms with van der Waals surface area (Å²) in [4.78, 5) is 17.2. The molecule has 0 radical (unpaired) electrons. The summed E-state index contributed by atoms with van der Waals surface area (Å²) < 4.78 is 38.0. The summed E-state index contributed by atoms with van der Waals surface area (Å²) >= 11 is 0. The summed E-state index contributed by atoms with van der Waals surface area (Å²) in [5.74, 6) is -0.173. The van der Waals surface area contributed by atoms with Crippen LogP contribution < -0.4 is 0 Å². The van der Waals surface area contributed by atoms with Crippen molar-refractivity contribution < 1.29 is 27.6 Å². The quantitative estimate of drug-likeness (QED) is 0.688. The van der Waals surface area contributed by atoms with Crippen LogP contribution in [0.5, 0.6) is 0 Å². The number of ether oxygens (including phenoxy) is 1. The summed E-state index contributed by atoms with van der Waals surface area (Å²) in [5, 5.41) is 14.0. The summed E-state index contributed by atoms with van der Waals surface area (Å²) in [7, 11) is -4.00. The second kappa shape index (κ2) is 8.33. The highest BCUT2D eigenvalue weighted by Gasteiger charge is 2.45. The smallest absolute Gasteiger partial charge is 0.325 e. The first kappa shape index (κ1) is 23.4. The van der Waals surface area contributed by atoms with E-state index in [0.29, 0.717) is 5.82 Å². The minimum Gasteiger partial charge on any atom is -0.451 e. The number of carbonyl (C=O) groups is 1. The average molecular weight is 452 g/mol. The third kappa shape index (κ3) is 4.81. The van der Waals surface area contributed by atoms with E-state index >= 15 is 0 Å². The third-order valence-electron chi connectivity index (χ3n) is 5.34. The number of nitrogens with zero attached hydrogens (tertiary/aromatic N) is 3. The second-order valence-electron chi connectivity index (χ2n) is 9.01. The van der Waals surface area contributed by atoms with Gasteiger partial charge in [-0.25, -0.2) is 8.42 Å². The molecule has 9 nitrogen and oxygen atoms in total. The number of esters is 1. The van der Waals surface area contributed by atoms with Crippen LogP contribution in [0.3, 0.4) is 0 Å². The molecule has 1 aromatic carbocycles. The van der Waals surface area contributed by atoms with Gasteiger partial charge in [0.05, 0.1) is 11.0 Å². The first-order chi connectivity index (χ1) is 14.3. The summed E-state index contributed by atoms with van der Waals surface area (Å²) in [5.41, 5.74) is 1.44. The maximum absolute atomic E-state index is 13.2. The van der Waals surface area contributed by atoms with Crippen molar-refractivity contribution in [3.05, 3.63) is 41.0 Å². The van der Waals surface area contributed by atoms with E-state index in [1.54, 1.807) is 19.1 Å². The van der Waals surface area contributed by atoms with Gasteiger partial charge in [0.1, 0.15) is 6.04 Å². The Hall–Kier alpha value is -2.30. The van der Waals surface area contributed by atoms with Crippen LogP contribution in [-0.4, -0.2) is 52.6 Å². The molecule has 3 rings (SSSR count). The number of hydrogen-bond acceptors (Lipinski definition) is 8. The van der Waals surface area contributed by atoms with Crippen molar-refractivity contribution in [1.82, 2.24) is 14.4 Å². The number of aromatic nitrogens is 2. The van der Waals surface area contributed by atoms with Crippen LogP contribution >= 0.6 is 0 Å². The first-order valence-corrected chi connectivity index (χ1v) is 11.6. The molecule has 1 fully saturated rings. The number of β-amino-alcohol motifs (C(OH)–C–C–N with tert-alkyl or cyclic N) is 1. The number of aryl methyl sites for hydroxylation is 2. The highest BCUT2D eigenvalue weighted by Crippen LogP contribution is 2.30. The number of aliphatic hydroxyl groups is 1. The molecule has 1 N–H and O–H groups in total. The van der Waals surface area contributed by atoms with E-state index < -0.39 is 34.2 Å². The van der Waals surface area contributed by atoms with Crippen molar-refractivity contribution in [2.45, 2.75) is 76.5 Å². The topological polar surface area (TPSA) is 123 Å². The van der Waals surface area contributed by atoms with Gasteiger partial charge in [0.15, 0.2) is 11.9 Å². The van der Waals surface area contributed by atoms with Crippen molar-refractivity contribution in [2.24, 2.45) is 0 Å². The Balaban J connectivity index is 1.80. The fourth-order valence-corrected chi connectivity index (χ4v) is 4.99. The molecular formula is C21H29N3O6S. The minimum atomic E-state index is -4.00. The number of rotatable bonds is 5. The largest absolute Gasteiger partial charge is 0.451 e. The molecule has 1 aliphatic rings. The van der Waals surface area contributed by atoms with Gasteiger partial charge in [-0.3, -0.25) is 4.79 Å². The summed E-state index contributed by atoms with van der Waals surface area (Å²) in [6.45, 7) is 10.9. The van der Waals surface area contributed by atoms with E-state index in [9.17, 15) is 18.3 Å². The lowest BCUT2D eigenvalue weighted by molar-refractivity contribution is -0.153. The Morgan fingerprint density at radius 1 is 1.29 bits per heavy atom. The maximum atomic E-state index is 13.2. The van der Waals surface area contributed by atoms with Gasteiger partial charge in [0, 0.05) is 18.4 Å². The third-order valence-corrected chi connectivity index (χ3v) is 7.21. The first-order valence-electron chi connectivity index (χ1n) is 10.1. The fourth-order valence-electron chi connectivity index (χ4n) is 3.28. The zero-order valence-corrected chi connectivity index (χ0v) is 19.4. The van der Waals surface area contributed by atoms with Gasteiger partial charge in [-0.2, -0.15) is 9.29 Å². The molecule has 2 aromatic rings. The lowest BCUT2D eigenvalue weighted by atomic mass is 9.96. The molecule has 31 heavy (non-hydrogen) atoms. The van der Waals surface area contributed by atoms with E-state index in [0.717, 1.165) is 15.4 Å². The minimum absolute atomic E-state index is 0.0489. The summed E-state index contributed by atoms with van der Waals surface area (Å²) in [6, 6.07) is 3.63. The number of carbonyl (C=O) groups excluding carboxylic acids is 1. The van der Waals surface area contributed by atoms with Crippen LogP contribution in [0.1, 0.15) is 63.1 Å². The summed E-state index contributed by atoms with van der Waals surface area (Å²) in [6.07, 6.45) is -1.88. The highest BCUT2D eigenvalue weighted by atomic mass is 32.2. The van der Waals surface area contributed by atoms with Crippen LogP contribution in [0.4, 0.5) is 0 Å². The molecule has 1 aromatic heterocycles. The molecule has 0 bridgehead atoms. The Morgan fingerprint density at radius 3 is 2.55 bits per heavy atom. The van der Waals surface area contributed by atoms with Crippen LogP contribution in [0.2, 0.25) is 0 Å². The molecule has 1 aliphatic heterocycles. The van der Waals surface area contributed by atoms with Gasteiger partial charge in [-0.05, 0) is 44.0 Å². The molecule has 1 saturated heterocycles. The van der Waals surface area contributed by atoms with Crippen molar-refractivity contribution in [3.8, 4) is 0 Å². The standard InChI is InChI=1S/C21H29N3O6S/c1-12-7-8-16(9-13(12)2)31(27,28)24-11-15(25)10-17(24)19(26)29-14(3)18-22-20(23-30-18)21(4,5)6/h7-9,14-15,17,25H,10-11H2,1-6H3/t14?,15?,17-/m0/s1. The Bertz CT molecular complexity index is 1070. The van der Waals surface area contributed by atoms with Gasteiger partial charge >= 0.3 is 5.97 Å². The fraction of sp³-hybridized carbons (Fsp3) is 0.571. The molecule has 0 spiro atoms. The predicted molar refractivity (Wildman–Crippen MR) is 112 cm³/mol. The van der Waals surface area contributed by atoms with E-state index in [-0.39, 0.29) is 29.2 Å². The molecule has 0 amide bonds. The highest BCUT2D eigenvalue weighted by molar-refractivity contribution is 7.89. The lowest BCUT2D eigenvalue weighted by Crippen LogP contribution is -2.41. The normalized spacial score (nSPS) is 21.3. The number of benzene rings is 1. The average Bonchev–Trinajstić information content (AvgIpc) is 3.31. The molecule has 10 heteroatoms. The van der Waals surface area contributed by atoms with Gasteiger partial charge in [-0.1, -0.05) is 32.0 Å². The second-order valence-corrected chi connectivity index (χ2v) is 10.9. The van der Waals surface area contributed by atoms with E-state index in [4.69, 9.17) is 9.26 Å². The van der Waals surface area contributed by atoms with Gasteiger partial charge in [-0.15, -0.1) is 0 Å². The molecule has 0 aliphatic carbocycles. The molecular weight excluding hydrogens is 422 g/mol.